The van der Waals surface area contributed by atoms with E-state index in [9.17, 15) is 8.78 Å². The van der Waals surface area contributed by atoms with Crippen LogP contribution in [0, 0.1) is 0 Å². The summed E-state index contributed by atoms with van der Waals surface area (Å²) < 4.78 is 35.1. The smallest absolute Gasteiger partial charge is 0.387 e. The molecule has 1 fully saturated rings. The lowest BCUT2D eigenvalue weighted by atomic mass is 10.2. The number of alkyl halides is 2. The van der Waals surface area contributed by atoms with Crippen LogP contribution < -0.4 is 9.64 Å². The molecule has 0 atom stereocenters. The number of aromatic nitrogens is 2. The highest BCUT2D eigenvalue weighted by Gasteiger charge is 2.21. The number of hydrogen-bond acceptors (Lipinski definition) is 6. The topological polar surface area (TPSA) is 54.6 Å². The molecule has 3 aromatic rings. The van der Waals surface area contributed by atoms with Crippen LogP contribution in [0.3, 0.4) is 0 Å². The van der Waals surface area contributed by atoms with Gasteiger partial charge in [0.15, 0.2) is 0 Å². The third kappa shape index (κ3) is 4.28. The number of piperazine rings is 1. The molecule has 0 spiro atoms. The number of halogens is 2. The predicted molar refractivity (Wildman–Crippen MR) is 100 cm³/mol. The van der Waals surface area contributed by atoms with Crippen LogP contribution in [0.15, 0.2) is 59.1 Å². The molecule has 0 N–H and O–H groups in total. The van der Waals surface area contributed by atoms with Gasteiger partial charge in [0, 0.05) is 31.9 Å². The largest absolute Gasteiger partial charge is 0.434 e. The Morgan fingerprint density at radius 2 is 1.68 bits per heavy atom. The molecule has 0 saturated carbocycles. The minimum atomic E-state index is -2.91. The van der Waals surface area contributed by atoms with Crippen LogP contribution in [0.25, 0.3) is 11.4 Å². The second-order valence-corrected chi connectivity index (χ2v) is 6.49. The van der Waals surface area contributed by atoms with Gasteiger partial charge >= 0.3 is 6.61 Å². The van der Waals surface area contributed by atoms with Gasteiger partial charge in [0.1, 0.15) is 5.75 Å². The van der Waals surface area contributed by atoms with Crippen LogP contribution in [0.5, 0.6) is 5.75 Å². The maximum Gasteiger partial charge on any atom is 0.387 e. The van der Waals surface area contributed by atoms with Crippen LogP contribution in [0.1, 0.15) is 5.89 Å². The molecule has 6 nitrogen and oxygen atoms in total. The summed E-state index contributed by atoms with van der Waals surface area (Å²) in [6.45, 7) is 1.18. The van der Waals surface area contributed by atoms with E-state index < -0.39 is 6.61 Å². The van der Waals surface area contributed by atoms with Gasteiger partial charge in [0.25, 0.3) is 0 Å². The standard InChI is InChI=1S/C20H20F2N4O2/c21-20(22)27-17-9-5-4-8-16(17)19-23-18(28-24-19)14-25-10-12-26(13-11-25)15-6-2-1-3-7-15/h1-9,20H,10-14H2. The van der Waals surface area contributed by atoms with Crippen LogP contribution in [0.4, 0.5) is 14.5 Å². The van der Waals surface area contributed by atoms with Crippen molar-refractivity contribution in [2.45, 2.75) is 13.2 Å². The van der Waals surface area contributed by atoms with E-state index >= 15 is 0 Å². The van der Waals surface area contributed by atoms with Crippen molar-refractivity contribution < 1.29 is 18.0 Å². The van der Waals surface area contributed by atoms with E-state index in [1.54, 1.807) is 18.2 Å². The molecule has 1 aliphatic heterocycles. The summed E-state index contributed by atoms with van der Waals surface area (Å²) >= 11 is 0. The second-order valence-electron chi connectivity index (χ2n) is 6.49. The lowest BCUT2D eigenvalue weighted by molar-refractivity contribution is -0.0494. The fraction of sp³-hybridized carbons (Fsp3) is 0.300. The first kappa shape index (κ1) is 18.4. The summed E-state index contributed by atoms with van der Waals surface area (Å²) in [6.07, 6.45) is 0. The Labute approximate surface area is 161 Å². The van der Waals surface area contributed by atoms with Gasteiger partial charge in [0.2, 0.25) is 11.7 Å². The van der Waals surface area contributed by atoms with E-state index in [-0.39, 0.29) is 11.6 Å². The molecule has 2 aromatic carbocycles. The second kappa shape index (κ2) is 8.35. The molecule has 0 unspecified atom stereocenters. The van der Waals surface area contributed by atoms with E-state index in [4.69, 9.17) is 4.52 Å². The molecule has 0 amide bonds. The van der Waals surface area contributed by atoms with Crippen molar-refractivity contribution in [3.8, 4) is 17.1 Å². The van der Waals surface area contributed by atoms with Crippen LogP contribution >= 0.6 is 0 Å². The molecule has 146 valence electrons. The van der Waals surface area contributed by atoms with Gasteiger partial charge < -0.3 is 14.2 Å². The number of anilines is 1. The predicted octanol–water partition coefficient (Wildman–Crippen LogP) is 3.66. The monoisotopic (exact) mass is 386 g/mol. The maximum atomic E-state index is 12.6. The molecular formula is C20H20F2N4O2. The average molecular weight is 386 g/mol. The van der Waals surface area contributed by atoms with Gasteiger partial charge in [-0.3, -0.25) is 4.90 Å². The fourth-order valence-electron chi connectivity index (χ4n) is 3.27. The van der Waals surface area contributed by atoms with Gasteiger partial charge in [-0.2, -0.15) is 13.8 Å². The minimum Gasteiger partial charge on any atom is -0.434 e. The summed E-state index contributed by atoms with van der Waals surface area (Å²) in [5.41, 5.74) is 1.60. The SMILES string of the molecule is FC(F)Oc1ccccc1-c1noc(CN2CCN(c3ccccc3)CC2)n1. The average Bonchev–Trinajstić information content (AvgIpc) is 3.17. The van der Waals surface area contributed by atoms with Crippen molar-refractivity contribution >= 4 is 5.69 Å². The summed E-state index contributed by atoms with van der Waals surface area (Å²) in [7, 11) is 0. The lowest BCUT2D eigenvalue weighted by Crippen LogP contribution is -2.46. The summed E-state index contributed by atoms with van der Waals surface area (Å²) in [5, 5.41) is 3.93. The van der Waals surface area contributed by atoms with E-state index in [1.807, 2.05) is 18.2 Å². The van der Waals surface area contributed by atoms with Gasteiger partial charge in [0.05, 0.1) is 12.1 Å². The fourth-order valence-corrected chi connectivity index (χ4v) is 3.27. The first-order valence-corrected chi connectivity index (χ1v) is 9.08. The Morgan fingerprint density at radius 3 is 2.43 bits per heavy atom. The molecule has 1 aromatic heterocycles. The van der Waals surface area contributed by atoms with Crippen LogP contribution in [-0.4, -0.2) is 47.8 Å². The van der Waals surface area contributed by atoms with E-state index in [1.165, 1.54) is 11.8 Å². The van der Waals surface area contributed by atoms with E-state index in [0.29, 0.717) is 18.0 Å². The van der Waals surface area contributed by atoms with Gasteiger partial charge in [-0.1, -0.05) is 35.5 Å². The zero-order valence-corrected chi connectivity index (χ0v) is 15.2. The molecule has 4 rings (SSSR count). The molecule has 1 aliphatic rings. The van der Waals surface area contributed by atoms with Crippen molar-refractivity contribution in [2.75, 3.05) is 31.1 Å². The summed E-state index contributed by atoms with van der Waals surface area (Å²) in [5.74, 6) is 0.727. The molecule has 1 saturated heterocycles. The normalized spacial score (nSPS) is 15.2. The first-order valence-electron chi connectivity index (χ1n) is 9.08. The third-order valence-corrected chi connectivity index (χ3v) is 4.66. The van der Waals surface area contributed by atoms with Crippen molar-refractivity contribution in [3.05, 3.63) is 60.5 Å². The number of benzene rings is 2. The summed E-state index contributed by atoms with van der Waals surface area (Å²) in [4.78, 5) is 8.94. The number of rotatable bonds is 6. The van der Waals surface area contributed by atoms with Crippen LogP contribution in [-0.2, 0) is 6.54 Å². The third-order valence-electron chi connectivity index (χ3n) is 4.66. The highest BCUT2D eigenvalue weighted by molar-refractivity contribution is 5.63. The van der Waals surface area contributed by atoms with Gasteiger partial charge in [-0.05, 0) is 24.3 Å². The Kier molecular flexibility index (Phi) is 5.48. The van der Waals surface area contributed by atoms with Crippen molar-refractivity contribution in [1.82, 2.24) is 15.0 Å². The molecule has 28 heavy (non-hydrogen) atoms. The minimum absolute atomic E-state index is 0.0290. The Hall–Kier alpha value is -3.00. The molecule has 8 heteroatoms. The lowest BCUT2D eigenvalue weighted by Gasteiger charge is -2.35. The van der Waals surface area contributed by atoms with Crippen LogP contribution in [0.2, 0.25) is 0 Å². The highest BCUT2D eigenvalue weighted by atomic mass is 19.3. The molecule has 0 bridgehead atoms. The van der Waals surface area contributed by atoms with Crippen molar-refractivity contribution in [1.29, 1.82) is 0 Å². The Balaban J connectivity index is 1.39. The maximum absolute atomic E-state index is 12.6. The molecule has 2 heterocycles. The van der Waals surface area contributed by atoms with Gasteiger partial charge in [-0.15, -0.1) is 0 Å². The molecular weight excluding hydrogens is 366 g/mol. The Morgan fingerprint density at radius 1 is 0.964 bits per heavy atom. The number of ether oxygens (including phenoxy) is 1. The quantitative estimate of drug-likeness (QED) is 0.645. The number of para-hydroxylation sites is 2. The zero-order chi connectivity index (χ0) is 19.3. The highest BCUT2D eigenvalue weighted by Crippen LogP contribution is 2.29. The number of hydrogen-bond donors (Lipinski definition) is 0. The number of nitrogens with zero attached hydrogens (tertiary/aromatic N) is 4. The molecule has 0 radical (unpaired) electrons. The molecule has 0 aliphatic carbocycles. The van der Waals surface area contributed by atoms with E-state index in [2.05, 4.69) is 36.8 Å². The van der Waals surface area contributed by atoms with Crippen molar-refractivity contribution in [3.63, 3.8) is 0 Å². The Bertz CT molecular complexity index is 896. The zero-order valence-electron chi connectivity index (χ0n) is 15.2. The van der Waals surface area contributed by atoms with Crippen molar-refractivity contribution in [2.24, 2.45) is 0 Å². The summed E-state index contributed by atoms with van der Waals surface area (Å²) in [6, 6.07) is 16.7. The van der Waals surface area contributed by atoms with E-state index in [0.717, 1.165) is 26.2 Å². The van der Waals surface area contributed by atoms with Gasteiger partial charge in [-0.25, -0.2) is 0 Å². The first-order chi connectivity index (χ1) is 13.7.